The number of esters is 1. The lowest BCUT2D eigenvalue weighted by Gasteiger charge is -2.24. The molecule has 0 aliphatic heterocycles. The van der Waals surface area contributed by atoms with Crippen molar-refractivity contribution < 1.29 is 18.7 Å². The van der Waals surface area contributed by atoms with Crippen molar-refractivity contribution in [3.8, 4) is 17.2 Å². The second-order valence-electron chi connectivity index (χ2n) is 9.03. The zero-order chi connectivity index (χ0) is 25.6. The van der Waals surface area contributed by atoms with Crippen LogP contribution in [-0.4, -0.2) is 23.2 Å². The Hall–Kier alpha value is -3.19. The predicted octanol–water partition coefficient (Wildman–Crippen LogP) is 7.28. The summed E-state index contributed by atoms with van der Waals surface area (Å²) in [6, 6.07) is 13.8. The maximum absolute atomic E-state index is 12.1. The third-order valence-corrected chi connectivity index (χ3v) is 5.87. The molecule has 0 N–H and O–H groups in total. The van der Waals surface area contributed by atoms with Crippen LogP contribution in [0.15, 0.2) is 58.1 Å². The molecule has 0 aliphatic carbocycles. The SMILES string of the molecule is CCOC(=O)C(C)(C)Oc1ccc(C(CCc2nc(-c3ccccc3Cl)oc2C(C)C)N=O)cc1. The van der Waals surface area contributed by atoms with Crippen LogP contribution >= 0.6 is 11.6 Å². The van der Waals surface area contributed by atoms with Crippen LogP contribution in [-0.2, 0) is 16.0 Å². The Kier molecular flexibility index (Phi) is 8.67. The highest BCUT2D eigenvalue weighted by Gasteiger charge is 2.31. The molecule has 0 radical (unpaired) electrons. The van der Waals surface area contributed by atoms with E-state index in [0.717, 1.165) is 22.6 Å². The summed E-state index contributed by atoms with van der Waals surface area (Å²) in [6.07, 6.45) is 0.984. The molecule has 0 bridgehead atoms. The van der Waals surface area contributed by atoms with Crippen molar-refractivity contribution in [1.29, 1.82) is 0 Å². The Balaban J connectivity index is 1.73. The van der Waals surface area contributed by atoms with E-state index in [0.29, 0.717) is 29.5 Å². The van der Waals surface area contributed by atoms with Gasteiger partial charge in [-0.05, 0) is 63.4 Å². The molecule has 186 valence electrons. The lowest BCUT2D eigenvalue weighted by molar-refractivity contribution is -0.158. The topological polar surface area (TPSA) is 91.0 Å². The van der Waals surface area contributed by atoms with E-state index in [1.165, 1.54) is 0 Å². The van der Waals surface area contributed by atoms with Gasteiger partial charge in [0.25, 0.3) is 0 Å². The van der Waals surface area contributed by atoms with Crippen molar-refractivity contribution in [3.63, 3.8) is 0 Å². The lowest BCUT2D eigenvalue weighted by atomic mass is 9.99. The number of carbonyl (C=O) groups is 1. The van der Waals surface area contributed by atoms with E-state index in [9.17, 15) is 9.70 Å². The van der Waals surface area contributed by atoms with E-state index in [4.69, 9.17) is 25.5 Å². The fraction of sp³-hybridized carbons (Fsp3) is 0.407. The van der Waals surface area contributed by atoms with Gasteiger partial charge < -0.3 is 13.9 Å². The lowest BCUT2D eigenvalue weighted by Crippen LogP contribution is -2.39. The summed E-state index contributed by atoms with van der Waals surface area (Å²) in [6.45, 7) is 9.39. The summed E-state index contributed by atoms with van der Waals surface area (Å²) >= 11 is 6.32. The zero-order valence-electron chi connectivity index (χ0n) is 20.7. The number of rotatable bonds is 11. The Morgan fingerprint density at radius 3 is 2.43 bits per heavy atom. The predicted molar refractivity (Wildman–Crippen MR) is 136 cm³/mol. The zero-order valence-corrected chi connectivity index (χ0v) is 21.5. The highest BCUT2D eigenvalue weighted by molar-refractivity contribution is 6.33. The summed E-state index contributed by atoms with van der Waals surface area (Å²) in [5, 5.41) is 3.91. The third-order valence-electron chi connectivity index (χ3n) is 5.54. The normalized spacial score (nSPS) is 12.4. The summed E-state index contributed by atoms with van der Waals surface area (Å²) in [4.78, 5) is 28.5. The molecule has 8 heteroatoms. The highest BCUT2D eigenvalue weighted by atomic mass is 35.5. The number of hydrogen-bond acceptors (Lipinski definition) is 7. The number of halogens is 1. The maximum atomic E-state index is 12.1. The van der Waals surface area contributed by atoms with E-state index in [1.54, 1.807) is 51.1 Å². The largest absolute Gasteiger partial charge is 0.476 e. The summed E-state index contributed by atoms with van der Waals surface area (Å²) in [7, 11) is 0. The van der Waals surface area contributed by atoms with Crippen LogP contribution in [0.4, 0.5) is 0 Å². The maximum Gasteiger partial charge on any atom is 0.349 e. The van der Waals surface area contributed by atoms with Crippen molar-refractivity contribution in [3.05, 3.63) is 75.5 Å². The number of nitroso groups, excluding NO2 is 1. The quantitative estimate of drug-likeness (QED) is 0.204. The van der Waals surface area contributed by atoms with Gasteiger partial charge in [-0.2, -0.15) is 4.91 Å². The van der Waals surface area contributed by atoms with Crippen LogP contribution < -0.4 is 4.74 Å². The number of hydrogen-bond donors (Lipinski definition) is 0. The molecule has 0 aliphatic rings. The average molecular weight is 499 g/mol. The van der Waals surface area contributed by atoms with Gasteiger partial charge in [-0.25, -0.2) is 9.78 Å². The first-order valence-corrected chi connectivity index (χ1v) is 12.1. The van der Waals surface area contributed by atoms with Crippen LogP contribution in [0.3, 0.4) is 0 Å². The molecule has 1 heterocycles. The molecule has 0 saturated carbocycles. The van der Waals surface area contributed by atoms with E-state index in [-0.39, 0.29) is 12.5 Å². The van der Waals surface area contributed by atoms with Gasteiger partial charge in [0.05, 0.1) is 22.9 Å². The molecule has 0 spiro atoms. The number of nitrogens with zero attached hydrogens (tertiary/aromatic N) is 2. The molecule has 1 atom stereocenters. The minimum Gasteiger partial charge on any atom is -0.476 e. The first-order chi connectivity index (χ1) is 16.7. The minimum atomic E-state index is -1.13. The van der Waals surface area contributed by atoms with Crippen LogP contribution in [0.2, 0.25) is 5.02 Å². The van der Waals surface area contributed by atoms with Crippen molar-refractivity contribution in [1.82, 2.24) is 4.98 Å². The van der Waals surface area contributed by atoms with Gasteiger partial charge >= 0.3 is 5.97 Å². The average Bonchev–Trinajstić information content (AvgIpc) is 3.25. The standard InChI is InChI=1S/C27H31ClN2O5/c1-6-33-26(31)27(4,5)35-19-13-11-18(12-14-19)22(30-32)15-16-23-24(17(2)3)34-25(29-23)20-9-7-8-10-21(20)28/h7-14,17,22H,6,15-16H2,1-5H3. The molecule has 1 unspecified atom stereocenters. The Morgan fingerprint density at radius 1 is 1.14 bits per heavy atom. The second kappa shape index (κ2) is 11.5. The van der Waals surface area contributed by atoms with E-state index < -0.39 is 17.6 Å². The molecular weight excluding hydrogens is 468 g/mol. The molecule has 0 fully saturated rings. The van der Waals surface area contributed by atoms with Crippen LogP contribution in [0.25, 0.3) is 11.5 Å². The Morgan fingerprint density at radius 2 is 1.83 bits per heavy atom. The number of ether oxygens (including phenoxy) is 2. The minimum absolute atomic E-state index is 0.121. The molecule has 0 saturated heterocycles. The van der Waals surface area contributed by atoms with Crippen LogP contribution in [0.5, 0.6) is 5.75 Å². The number of aromatic nitrogens is 1. The summed E-state index contributed by atoms with van der Waals surface area (Å²) < 4.78 is 16.9. The van der Waals surface area contributed by atoms with Gasteiger partial charge in [0.15, 0.2) is 5.60 Å². The van der Waals surface area contributed by atoms with Gasteiger partial charge in [-0.15, -0.1) is 0 Å². The van der Waals surface area contributed by atoms with Gasteiger partial charge in [-0.1, -0.05) is 54.9 Å². The first-order valence-electron chi connectivity index (χ1n) is 11.7. The molecule has 35 heavy (non-hydrogen) atoms. The monoisotopic (exact) mass is 498 g/mol. The van der Waals surface area contributed by atoms with Crippen LogP contribution in [0.1, 0.15) is 70.0 Å². The van der Waals surface area contributed by atoms with E-state index in [2.05, 4.69) is 10.2 Å². The van der Waals surface area contributed by atoms with Crippen molar-refractivity contribution in [2.75, 3.05) is 6.61 Å². The fourth-order valence-electron chi connectivity index (χ4n) is 3.70. The van der Waals surface area contributed by atoms with Gasteiger partial charge in [0, 0.05) is 5.92 Å². The van der Waals surface area contributed by atoms with Gasteiger partial charge in [0.1, 0.15) is 17.6 Å². The van der Waals surface area contributed by atoms with E-state index >= 15 is 0 Å². The van der Waals surface area contributed by atoms with Crippen LogP contribution in [0, 0.1) is 4.91 Å². The number of aryl methyl sites for hydroxylation is 1. The highest BCUT2D eigenvalue weighted by Crippen LogP contribution is 2.33. The fourth-order valence-corrected chi connectivity index (χ4v) is 3.91. The summed E-state index contributed by atoms with van der Waals surface area (Å²) in [5.41, 5.74) is 1.15. The molecular formula is C27H31ClN2O5. The van der Waals surface area contributed by atoms with Crippen molar-refractivity contribution >= 4 is 17.6 Å². The van der Waals surface area contributed by atoms with Crippen molar-refractivity contribution in [2.24, 2.45) is 5.18 Å². The molecule has 0 amide bonds. The van der Waals surface area contributed by atoms with Crippen molar-refractivity contribution in [2.45, 2.75) is 65.0 Å². The summed E-state index contributed by atoms with van der Waals surface area (Å²) in [5.74, 6) is 1.42. The Labute approximate surface area is 210 Å². The third kappa shape index (κ3) is 6.48. The van der Waals surface area contributed by atoms with E-state index in [1.807, 2.05) is 32.0 Å². The second-order valence-corrected chi connectivity index (χ2v) is 9.43. The first kappa shape index (κ1) is 26.4. The molecule has 7 nitrogen and oxygen atoms in total. The number of oxazole rings is 1. The molecule has 2 aromatic carbocycles. The number of benzene rings is 2. The van der Waals surface area contributed by atoms with Gasteiger partial charge in [-0.3, -0.25) is 0 Å². The smallest absolute Gasteiger partial charge is 0.349 e. The molecule has 3 aromatic rings. The number of carbonyl (C=O) groups excluding carboxylic acids is 1. The van der Waals surface area contributed by atoms with Gasteiger partial charge in [0.2, 0.25) is 5.89 Å². The molecule has 3 rings (SSSR count). The Bertz CT molecular complexity index is 1150. The molecule has 1 aromatic heterocycles.